The van der Waals surface area contributed by atoms with Gasteiger partial charge in [-0.1, -0.05) is 55.5 Å². The molecule has 0 aliphatic carbocycles. The van der Waals surface area contributed by atoms with Crippen LogP contribution in [-0.4, -0.2) is 16.3 Å². The van der Waals surface area contributed by atoms with E-state index in [2.05, 4.69) is 66.8 Å². The molecule has 21 heavy (non-hydrogen) atoms. The van der Waals surface area contributed by atoms with Gasteiger partial charge >= 0.3 is 0 Å². The summed E-state index contributed by atoms with van der Waals surface area (Å²) < 4.78 is 1.97. The summed E-state index contributed by atoms with van der Waals surface area (Å²) in [6.45, 7) is 3.09. The molecule has 1 N–H and O–H groups in total. The molecule has 1 heterocycles. The topological polar surface area (TPSA) is 29.9 Å². The van der Waals surface area contributed by atoms with Gasteiger partial charge in [-0.05, 0) is 18.2 Å². The second kappa shape index (κ2) is 6.10. The smallest absolute Gasteiger partial charge is 0.0722 e. The van der Waals surface area contributed by atoms with Crippen molar-refractivity contribution in [2.75, 3.05) is 6.54 Å². The van der Waals surface area contributed by atoms with E-state index in [0.717, 1.165) is 18.7 Å². The lowest BCUT2D eigenvalue weighted by Crippen LogP contribution is -2.23. The average Bonchev–Trinajstić information content (AvgIpc) is 2.85. The zero-order chi connectivity index (χ0) is 14.7. The zero-order valence-corrected chi connectivity index (χ0v) is 12.6. The third-order valence-electron chi connectivity index (χ3n) is 3.88. The fourth-order valence-electron chi connectivity index (χ4n) is 2.87. The summed E-state index contributed by atoms with van der Waals surface area (Å²) in [4.78, 5) is 0. The van der Waals surface area contributed by atoms with Crippen molar-refractivity contribution in [1.29, 1.82) is 0 Å². The molecule has 1 unspecified atom stereocenters. The highest BCUT2D eigenvalue weighted by Gasteiger charge is 2.15. The Kier molecular flexibility index (Phi) is 4.02. The van der Waals surface area contributed by atoms with Crippen LogP contribution in [0, 0.1) is 0 Å². The number of benzene rings is 2. The van der Waals surface area contributed by atoms with Crippen LogP contribution in [0.1, 0.15) is 24.2 Å². The van der Waals surface area contributed by atoms with Gasteiger partial charge in [-0.15, -0.1) is 0 Å². The van der Waals surface area contributed by atoms with Crippen molar-refractivity contribution in [3.8, 4) is 0 Å². The molecule has 0 spiro atoms. The van der Waals surface area contributed by atoms with E-state index in [4.69, 9.17) is 5.10 Å². The van der Waals surface area contributed by atoms with E-state index in [9.17, 15) is 0 Å². The molecular weight excluding hydrogens is 258 g/mol. The fraction of sp³-hybridized carbons (Fsp3) is 0.278. The first-order chi connectivity index (χ1) is 10.3. The average molecular weight is 279 g/mol. The number of rotatable bonds is 5. The largest absolute Gasteiger partial charge is 0.310 e. The minimum absolute atomic E-state index is 0.300. The van der Waals surface area contributed by atoms with Gasteiger partial charge in [-0.25, -0.2) is 0 Å². The normalized spacial score (nSPS) is 12.7. The van der Waals surface area contributed by atoms with E-state index in [-0.39, 0.29) is 0 Å². The molecule has 2 aromatic carbocycles. The number of nitrogens with zero attached hydrogens (tertiary/aromatic N) is 2. The number of hydrogen-bond acceptors (Lipinski definition) is 2. The van der Waals surface area contributed by atoms with Crippen LogP contribution in [0.2, 0.25) is 0 Å². The predicted molar refractivity (Wildman–Crippen MR) is 87.3 cm³/mol. The SMILES string of the molecule is CCNC(Cc1nn(C)c2ccccc12)c1ccccc1. The van der Waals surface area contributed by atoms with Crippen LogP contribution in [0.5, 0.6) is 0 Å². The van der Waals surface area contributed by atoms with Crippen LogP contribution in [-0.2, 0) is 13.5 Å². The van der Waals surface area contributed by atoms with E-state index >= 15 is 0 Å². The first-order valence-electron chi connectivity index (χ1n) is 7.48. The molecule has 0 aliphatic heterocycles. The van der Waals surface area contributed by atoms with Gasteiger partial charge in [-0.3, -0.25) is 4.68 Å². The Hall–Kier alpha value is -2.13. The van der Waals surface area contributed by atoms with Gasteiger partial charge in [0, 0.05) is 24.9 Å². The summed E-state index contributed by atoms with van der Waals surface area (Å²) in [5.41, 5.74) is 3.66. The van der Waals surface area contributed by atoms with Crippen LogP contribution in [0.25, 0.3) is 10.9 Å². The van der Waals surface area contributed by atoms with Gasteiger partial charge in [0.1, 0.15) is 0 Å². The minimum atomic E-state index is 0.300. The highest BCUT2D eigenvalue weighted by molar-refractivity contribution is 5.81. The summed E-state index contributed by atoms with van der Waals surface area (Å²) in [5, 5.41) is 9.53. The van der Waals surface area contributed by atoms with Gasteiger partial charge in [0.25, 0.3) is 0 Å². The third-order valence-corrected chi connectivity index (χ3v) is 3.88. The second-order valence-electron chi connectivity index (χ2n) is 5.31. The molecule has 0 saturated carbocycles. The molecule has 1 atom stereocenters. The molecule has 0 saturated heterocycles. The molecule has 0 bridgehead atoms. The number of aromatic nitrogens is 2. The van der Waals surface area contributed by atoms with Crippen LogP contribution in [0.4, 0.5) is 0 Å². The van der Waals surface area contributed by atoms with Gasteiger partial charge in [-0.2, -0.15) is 5.10 Å². The van der Waals surface area contributed by atoms with Crippen molar-refractivity contribution in [3.05, 3.63) is 65.9 Å². The number of likely N-dealkylation sites (N-methyl/N-ethyl adjacent to an activating group) is 1. The highest BCUT2D eigenvalue weighted by Crippen LogP contribution is 2.23. The summed E-state index contributed by atoms with van der Waals surface area (Å²) in [6.07, 6.45) is 0.902. The molecule has 0 radical (unpaired) electrons. The fourth-order valence-corrected chi connectivity index (χ4v) is 2.87. The maximum absolute atomic E-state index is 4.71. The van der Waals surface area contributed by atoms with E-state index < -0.39 is 0 Å². The van der Waals surface area contributed by atoms with Crippen molar-refractivity contribution >= 4 is 10.9 Å². The van der Waals surface area contributed by atoms with E-state index in [0.29, 0.717) is 6.04 Å². The Bertz CT molecular complexity index is 716. The van der Waals surface area contributed by atoms with E-state index in [1.165, 1.54) is 16.5 Å². The monoisotopic (exact) mass is 279 g/mol. The number of nitrogens with one attached hydrogen (secondary N) is 1. The van der Waals surface area contributed by atoms with Crippen molar-refractivity contribution in [2.24, 2.45) is 7.05 Å². The Labute approximate surface area is 125 Å². The summed E-state index contributed by atoms with van der Waals surface area (Å²) in [7, 11) is 2.01. The maximum Gasteiger partial charge on any atom is 0.0722 e. The first-order valence-corrected chi connectivity index (χ1v) is 7.48. The standard InChI is InChI=1S/C18H21N3/c1-3-19-16(14-9-5-4-6-10-14)13-17-15-11-7-8-12-18(15)21(2)20-17/h4-12,16,19H,3,13H2,1-2H3. The lowest BCUT2D eigenvalue weighted by atomic mass is 10.0. The lowest BCUT2D eigenvalue weighted by molar-refractivity contribution is 0.541. The number of aryl methyl sites for hydroxylation is 1. The highest BCUT2D eigenvalue weighted by atomic mass is 15.3. The number of fused-ring (bicyclic) bond motifs is 1. The molecule has 3 rings (SSSR count). The molecule has 3 nitrogen and oxygen atoms in total. The predicted octanol–water partition coefficient (Wildman–Crippen LogP) is 3.47. The van der Waals surface area contributed by atoms with Crippen LogP contribution < -0.4 is 5.32 Å². The summed E-state index contributed by atoms with van der Waals surface area (Å²) >= 11 is 0. The minimum Gasteiger partial charge on any atom is -0.310 e. The van der Waals surface area contributed by atoms with Gasteiger partial charge in [0.15, 0.2) is 0 Å². The van der Waals surface area contributed by atoms with Crippen molar-refractivity contribution in [3.63, 3.8) is 0 Å². The summed E-state index contributed by atoms with van der Waals surface area (Å²) in [5.74, 6) is 0. The number of hydrogen-bond donors (Lipinski definition) is 1. The van der Waals surface area contributed by atoms with E-state index in [1.54, 1.807) is 0 Å². The number of para-hydroxylation sites is 1. The van der Waals surface area contributed by atoms with Gasteiger partial charge < -0.3 is 5.32 Å². The van der Waals surface area contributed by atoms with Crippen LogP contribution >= 0.6 is 0 Å². The quantitative estimate of drug-likeness (QED) is 0.775. The molecule has 0 aliphatic rings. The molecule has 108 valence electrons. The van der Waals surface area contributed by atoms with Crippen LogP contribution in [0.15, 0.2) is 54.6 Å². The van der Waals surface area contributed by atoms with Crippen molar-refractivity contribution in [2.45, 2.75) is 19.4 Å². The Morgan fingerprint density at radius 2 is 1.76 bits per heavy atom. The molecule has 0 amide bonds. The van der Waals surface area contributed by atoms with Crippen LogP contribution in [0.3, 0.4) is 0 Å². The molecule has 0 fully saturated rings. The summed E-state index contributed by atoms with van der Waals surface area (Å²) in [6, 6.07) is 19.3. The van der Waals surface area contributed by atoms with E-state index in [1.807, 2.05) is 11.7 Å². The molecule has 3 aromatic rings. The van der Waals surface area contributed by atoms with Gasteiger partial charge in [0.05, 0.1) is 11.2 Å². The molecule has 3 heteroatoms. The Morgan fingerprint density at radius 3 is 2.52 bits per heavy atom. The zero-order valence-electron chi connectivity index (χ0n) is 12.6. The first kappa shape index (κ1) is 13.8. The van der Waals surface area contributed by atoms with Crippen molar-refractivity contribution < 1.29 is 0 Å². The molecular formula is C18H21N3. The Balaban J connectivity index is 1.95. The van der Waals surface area contributed by atoms with Gasteiger partial charge in [0.2, 0.25) is 0 Å². The Morgan fingerprint density at radius 1 is 1.05 bits per heavy atom. The van der Waals surface area contributed by atoms with Crippen molar-refractivity contribution in [1.82, 2.24) is 15.1 Å². The maximum atomic E-state index is 4.71. The molecule has 1 aromatic heterocycles. The lowest BCUT2D eigenvalue weighted by Gasteiger charge is -2.17. The second-order valence-corrected chi connectivity index (χ2v) is 5.31. The third kappa shape index (κ3) is 2.83.